The Balaban J connectivity index is 1.76. The molecule has 1 amide bonds. The first-order chi connectivity index (χ1) is 17.3. The van der Waals surface area contributed by atoms with Crippen LogP contribution in [0.1, 0.15) is 25.0 Å². The third-order valence-electron chi connectivity index (χ3n) is 5.88. The number of fused-ring (bicyclic) bond motifs is 1. The molecule has 0 radical (unpaired) electrons. The molecule has 36 heavy (non-hydrogen) atoms. The van der Waals surface area contributed by atoms with Crippen molar-refractivity contribution in [3.8, 4) is 28.4 Å². The number of aryl methyl sites for hydroxylation is 1. The number of furan rings is 1. The highest BCUT2D eigenvalue weighted by molar-refractivity contribution is 6.05. The van der Waals surface area contributed by atoms with E-state index in [4.69, 9.17) is 18.6 Å². The van der Waals surface area contributed by atoms with Crippen LogP contribution in [-0.4, -0.2) is 26.7 Å². The van der Waals surface area contributed by atoms with E-state index in [1.54, 1.807) is 39.5 Å². The fourth-order valence-electron chi connectivity index (χ4n) is 3.99. The van der Waals surface area contributed by atoms with Gasteiger partial charge >= 0.3 is 0 Å². The maximum atomic E-state index is 13.9. The Hall–Kier alpha value is -4.26. The van der Waals surface area contributed by atoms with Crippen LogP contribution >= 0.6 is 0 Å². The standard InChI is InChI=1S/C29H28FNO5/c1-6-35-27-15-28-23(24(16-36-28)22-13-20(33-4)9-10-26(22)34-5)14-21(27)18(3)11-29(32)31-19-8-7-17(2)25(30)12-19/h7-16H,6H2,1-5H3,(H,31,32)/b18-11+. The monoisotopic (exact) mass is 489 g/mol. The summed E-state index contributed by atoms with van der Waals surface area (Å²) in [6.07, 6.45) is 3.13. The second kappa shape index (κ2) is 10.6. The van der Waals surface area contributed by atoms with Gasteiger partial charge in [0, 0.05) is 39.9 Å². The normalized spacial score (nSPS) is 11.4. The van der Waals surface area contributed by atoms with Crippen LogP contribution < -0.4 is 19.5 Å². The second-order valence-corrected chi connectivity index (χ2v) is 8.27. The molecule has 0 saturated carbocycles. The van der Waals surface area contributed by atoms with E-state index < -0.39 is 0 Å². The van der Waals surface area contributed by atoms with Crippen LogP contribution in [0.15, 0.2) is 65.3 Å². The number of carbonyl (C=O) groups is 1. The predicted molar refractivity (Wildman–Crippen MR) is 139 cm³/mol. The highest BCUT2D eigenvalue weighted by Gasteiger charge is 2.18. The van der Waals surface area contributed by atoms with Crippen molar-refractivity contribution < 1.29 is 27.8 Å². The van der Waals surface area contributed by atoms with Gasteiger partial charge in [-0.15, -0.1) is 0 Å². The average molecular weight is 490 g/mol. The van der Waals surface area contributed by atoms with E-state index in [1.807, 2.05) is 44.2 Å². The number of carbonyl (C=O) groups excluding carboxylic acids is 1. The predicted octanol–water partition coefficient (Wildman–Crippen LogP) is 7.01. The average Bonchev–Trinajstić information content (AvgIpc) is 3.28. The lowest BCUT2D eigenvalue weighted by molar-refractivity contribution is -0.111. The number of hydrogen-bond donors (Lipinski definition) is 1. The number of allylic oxidation sites excluding steroid dienone is 1. The van der Waals surface area contributed by atoms with Crippen LogP contribution in [-0.2, 0) is 4.79 Å². The summed E-state index contributed by atoms with van der Waals surface area (Å²) in [5.41, 5.74) is 4.57. The lowest BCUT2D eigenvalue weighted by atomic mass is 9.98. The maximum absolute atomic E-state index is 13.9. The van der Waals surface area contributed by atoms with Gasteiger partial charge in [-0.1, -0.05) is 6.07 Å². The molecule has 186 valence electrons. The Kier molecular flexibility index (Phi) is 7.29. The fourth-order valence-corrected chi connectivity index (χ4v) is 3.99. The molecule has 1 aromatic heterocycles. The number of nitrogens with one attached hydrogen (secondary N) is 1. The first kappa shape index (κ1) is 24.9. The van der Waals surface area contributed by atoms with Gasteiger partial charge in [0.1, 0.15) is 28.6 Å². The molecular formula is C29H28FNO5. The topological polar surface area (TPSA) is 69.9 Å². The van der Waals surface area contributed by atoms with Crippen LogP contribution in [0.3, 0.4) is 0 Å². The zero-order valence-electron chi connectivity index (χ0n) is 20.9. The van der Waals surface area contributed by atoms with Gasteiger partial charge in [-0.05, 0) is 68.3 Å². The molecule has 4 aromatic rings. The number of hydrogen-bond acceptors (Lipinski definition) is 5. The Bertz CT molecular complexity index is 1450. The zero-order valence-corrected chi connectivity index (χ0v) is 20.9. The molecule has 0 aliphatic carbocycles. The number of halogens is 1. The lowest BCUT2D eigenvalue weighted by Gasteiger charge is -2.13. The van der Waals surface area contributed by atoms with Crippen molar-refractivity contribution in [3.05, 3.63) is 77.8 Å². The second-order valence-electron chi connectivity index (χ2n) is 8.27. The summed E-state index contributed by atoms with van der Waals surface area (Å²) in [6.45, 7) is 5.82. The number of methoxy groups -OCH3 is 2. The molecule has 1 heterocycles. The SMILES string of the molecule is CCOc1cc2occ(-c3cc(OC)ccc3OC)c2cc1/C(C)=C/C(=O)Nc1ccc(C)c(F)c1. The maximum Gasteiger partial charge on any atom is 0.248 e. The number of benzene rings is 3. The minimum absolute atomic E-state index is 0.375. The summed E-state index contributed by atoms with van der Waals surface area (Å²) in [5.74, 6) is 1.20. The summed E-state index contributed by atoms with van der Waals surface area (Å²) < 4.78 is 36.6. The smallest absolute Gasteiger partial charge is 0.248 e. The minimum atomic E-state index is -0.377. The molecule has 7 heteroatoms. The van der Waals surface area contributed by atoms with Gasteiger partial charge < -0.3 is 23.9 Å². The third kappa shape index (κ3) is 5.05. The molecule has 6 nitrogen and oxygen atoms in total. The zero-order chi connectivity index (χ0) is 25.8. The highest BCUT2D eigenvalue weighted by atomic mass is 19.1. The molecule has 4 rings (SSSR count). The van der Waals surface area contributed by atoms with E-state index in [-0.39, 0.29) is 11.7 Å². The van der Waals surface area contributed by atoms with Gasteiger partial charge in [0.15, 0.2) is 0 Å². The van der Waals surface area contributed by atoms with Crippen molar-refractivity contribution in [1.29, 1.82) is 0 Å². The molecule has 0 atom stereocenters. The quantitative estimate of drug-likeness (QED) is 0.270. The van der Waals surface area contributed by atoms with Gasteiger partial charge in [0.2, 0.25) is 5.91 Å². The molecule has 1 N–H and O–H groups in total. The highest BCUT2D eigenvalue weighted by Crippen LogP contribution is 2.41. The first-order valence-electron chi connectivity index (χ1n) is 11.5. The van der Waals surface area contributed by atoms with Crippen molar-refractivity contribution in [2.45, 2.75) is 20.8 Å². The number of ether oxygens (including phenoxy) is 3. The van der Waals surface area contributed by atoms with E-state index in [0.29, 0.717) is 46.3 Å². The number of anilines is 1. The Labute approximate surface area is 209 Å². The number of rotatable bonds is 8. The Morgan fingerprint density at radius 2 is 1.83 bits per heavy atom. The van der Waals surface area contributed by atoms with Gasteiger partial charge in [0.25, 0.3) is 0 Å². The number of amides is 1. The van der Waals surface area contributed by atoms with Crippen LogP contribution in [0, 0.1) is 12.7 Å². The lowest BCUT2D eigenvalue weighted by Crippen LogP contribution is -2.09. The summed E-state index contributed by atoms with van der Waals surface area (Å²) in [6, 6.07) is 13.9. The van der Waals surface area contributed by atoms with Crippen LogP contribution in [0.4, 0.5) is 10.1 Å². The first-order valence-corrected chi connectivity index (χ1v) is 11.5. The molecule has 0 bridgehead atoms. The van der Waals surface area contributed by atoms with Crippen LogP contribution in [0.5, 0.6) is 17.2 Å². The third-order valence-corrected chi connectivity index (χ3v) is 5.88. The van der Waals surface area contributed by atoms with Gasteiger partial charge in [-0.2, -0.15) is 0 Å². The molecule has 0 aliphatic rings. The summed E-state index contributed by atoms with van der Waals surface area (Å²) in [4.78, 5) is 12.7. The van der Waals surface area contributed by atoms with Crippen molar-refractivity contribution in [2.24, 2.45) is 0 Å². The van der Waals surface area contributed by atoms with Gasteiger partial charge in [-0.25, -0.2) is 4.39 Å². The van der Waals surface area contributed by atoms with Crippen LogP contribution in [0.2, 0.25) is 0 Å². The Morgan fingerprint density at radius 3 is 2.53 bits per heavy atom. The summed E-state index contributed by atoms with van der Waals surface area (Å²) in [5, 5.41) is 3.54. The molecule has 0 saturated heterocycles. The summed E-state index contributed by atoms with van der Waals surface area (Å²) >= 11 is 0. The molecule has 0 unspecified atom stereocenters. The van der Waals surface area contributed by atoms with E-state index >= 15 is 0 Å². The Morgan fingerprint density at radius 1 is 1.03 bits per heavy atom. The molecule has 0 fully saturated rings. The molecule has 0 aliphatic heterocycles. The van der Waals surface area contributed by atoms with Gasteiger partial charge in [-0.3, -0.25) is 4.79 Å². The minimum Gasteiger partial charge on any atom is -0.497 e. The summed E-state index contributed by atoms with van der Waals surface area (Å²) in [7, 11) is 3.22. The van der Waals surface area contributed by atoms with E-state index in [9.17, 15) is 9.18 Å². The van der Waals surface area contributed by atoms with Gasteiger partial charge in [0.05, 0.1) is 27.1 Å². The van der Waals surface area contributed by atoms with Crippen molar-refractivity contribution in [2.75, 3.05) is 26.1 Å². The molecular weight excluding hydrogens is 461 g/mol. The van der Waals surface area contributed by atoms with Crippen molar-refractivity contribution in [3.63, 3.8) is 0 Å². The van der Waals surface area contributed by atoms with Crippen molar-refractivity contribution in [1.82, 2.24) is 0 Å². The molecule has 3 aromatic carbocycles. The largest absolute Gasteiger partial charge is 0.497 e. The molecule has 0 spiro atoms. The van der Waals surface area contributed by atoms with E-state index in [0.717, 1.165) is 22.1 Å². The van der Waals surface area contributed by atoms with Crippen LogP contribution in [0.25, 0.3) is 27.7 Å². The van der Waals surface area contributed by atoms with E-state index in [2.05, 4.69) is 5.32 Å². The van der Waals surface area contributed by atoms with Crippen molar-refractivity contribution >= 4 is 28.1 Å². The fraction of sp³-hybridized carbons (Fsp3) is 0.207. The van der Waals surface area contributed by atoms with E-state index in [1.165, 1.54) is 12.1 Å².